The molecule has 6 rings (SSSR count). The van der Waals surface area contributed by atoms with E-state index in [1.54, 1.807) is 9.80 Å². The van der Waals surface area contributed by atoms with Gasteiger partial charge in [-0.3, -0.25) is 14.5 Å². The van der Waals surface area contributed by atoms with Crippen molar-refractivity contribution < 1.29 is 36.3 Å². The Morgan fingerprint density at radius 1 is 0.898 bits per heavy atom. The maximum absolute atomic E-state index is 15.1. The lowest BCUT2D eigenvalue weighted by molar-refractivity contribution is -0.162. The SMILES string of the molecule is CC(C)(C)OC(=O)[C@H](Cc1ccc2c(c1)CCC2)N1CCN(C(=O)[C@@H]2CN(c3ccc(C(F)(F)F)nn3)C[C@H]2c2ccc(F)cc2F)CC1. The summed E-state index contributed by atoms with van der Waals surface area (Å²) in [4.78, 5) is 33.0. The van der Waals surface area contributed by atoms with E-state index in [0.29, 0.717) is 32.6 Å². The van der Waals surface area contributed by atoms with Crippen molar-refractivity contribution in [1.82, 2.24) is 20.0 Å². The first-order chi connectivity index (χ1) is 23.2. The third kappa shape index (κ3) is 7.87. The molecule has 1 aliphatic carbocycles. The van der Waals surface area contributed by atoms with Crippen LogP contribution in [-0.2, 0) is 39.8 Å². The number of aromatic nitrogens is 2. The average molecular weight is 686 g/mol. The number of halogens is 5. The zero-order chi connectivity index (χ0) is 35.1. The lowest BCUT2D eigenvalue weighted by Gasteiger charge is -2.40. The first-order valence-corrected chi connectivity index (χ1v) is 16.6. The van der Waals surface area contributed by atoms with Crippen molar-refractivity contribution in [1.29, 1.82) is 0 Å². The van der Waals surface area contributed by atoms with Gasteiger partial charge in [0.25, 0.3) is 0 Å². The lowest BCUT2D eigenvalue weighted by Crippen LogP contribution is -2.56. The van der Waals surface area contributed by atoms with E-state index < -0.39 is 47.0 Å². The maximum Gasteiger partial charge on any atom is 0.435 e. The van der Waals surface area contributed by atoms with Crippen LogP contribution in [0.3, 0.4) is 0 Å². The Morgan fingerprint density at radius 3 is 2.29 bits per heavy atom. The number of hydrogen-bond donors (Lipinski definition) is 0. The molecule has 3 aromatic rings. The second-order valence-corrected chi connectivity index (χ2v) is 14.1. The number of carbonyl (C=O) groups is 2. The Kier molecular flexibility index (Phi) is 9.67. The number of anilines is 1. The van der Waals surface area contributed by atoms with Crippen LogP contribution in [0, 0.1) is 17.6 Å². The van der Waals surface area contributed by atoms with Crippen LogP contribution in [0.4, 0.5) is 27.8 Å². The number of alkyl halides is 3. The highest BCUT2D eigenvalue weighted by atomic mass is 19.4. The molecular formula is C36H40F5N5O3. The number of nitrogens with zero attached hydrogens (tertiary/aromatic N) is 5. The van der Waals surface area contributed by atoms with Gasteiger partial charge in [-0.25, -0.2) is 8.78 Å². The summed E-state index contributed by atoms with van der Waals surface area (Å²) in [6.45, 7) is 7.02. The molecule has 2 aliphatic heterocycles. The van der Waals surface area contributed by atoms with E-state index in [-0.39, 0.29) is 36.3 Å². The molecule has 0 bridgehead atoms. The molecule has 1 aromatic heterocycles. The largest absolute Gasteiger partial charge is 0.459 e. The number of hydrogen-bond acceptors (Lipinski definition) is 7. The van der Waals surface area contributed by atoms with E-state index in [9.17, 15) is 27.2 Å². The van der Waals surface area contributed by atoms with E-state index in [2.05, 4.69) is 28.4 Å². The molecule has 2 fully saturated rings. The van der Waals surface area contributed by atoms with E-state index >= 15 is 4.39 Å². The molecule has 0 spiro atoms. The maximum atomic E-state index is 15.1. The fourth-order valence-corrected chi connectivity index (χ4v) is 7.20. The molecule has 262 valence electrons. The molecule has 3 heterocycles. The number of rotatable bonds is 7. The number of ether oxygens (including phenoxy) is 1. The molecule has 3 aliphatic rings. The summed E-state index contributed by atoms with van der Waals surface area (Å²) in [6, 6.07) is 11.0. The third-order valence-electron chi connectivity index (χ3n) is 9.60. The van der Waals surface area contributed by atoms with Crippen LogP contribution < -0.4 is 4.90 Å². The van der Waals surface area contributed by atoms with E-state index in [0.717, 1.165) is 43.0 Å². The Hall–Kier alpha value is -4.13. The molecule has 0 saturated carbocycles. The minimum atomic E-state index is -4.67. The minimum Gasteiger partial charge on any atom is -0.459 e. The molecule has 13 heteroatoms. The van der Waals surface area contributed by atoms with Crippen LogP contribution in [0.2, 0.25) is 0 Å². The van der Waals surface area contributed by atoms with E-state index in [1.807, 2.05) is 25.7 Å². The van der Waals surface area contributed by atoms with Gasteiger partial charge in [-0.05, 0) is 86.9 Å². The standard InChI is InChI=1S/C36H40F5N5O3/c1-35(2,3)49-34(48)30(18-22-7-8-23-5-4-6-24(23)17-22)44-13-15-45(16-14-44)33(47)28-21-46(32-12-11-31(42-43-32)36(39,40)41)20-27(28)26-10-9-25(37)19-29(26)38/h7-12,17,19,27-28,30H,4-6,13-16,18,20-21H2,1-3H3/t27-,28+,30-/m0/s1. The molecule has 3 atom stereocenters. The highest BCUT2D eigenvalue weighted by Gasteiger charge is 2.44. The van der Waals surface area contributed by atoms with E-state index in [1.165, 1.54) is 23.3 Å². The van der Waals surface area contributed by atoms with Crippen LogP contribution in [0.25, 0.3) is 0 Å². The number of amides is 1. The van der Waals surface area contributed by atoms with Crippen LogP contribution in [0.5, 0.6) is 0 Å². The van der Waals surface area contributed by atoms with Gasteiger partial charge >= 0.3 is 12.1 Å². The van der Waals surface area contributed by atoms with Gasteiger partial charge in [0, 0.05) is 51.3 Å². The van der Waals surface area contributed by atoms with Gasteiger partial charge in [0.1, 0.15) is 23.3 Å². The van der Waals surface area contributed by atoms with Gasteiger partial charge < -0.3 is 14.5 Å². The Balaban J connectivity index is 1.19. The highest BCUT2D eigenvalue weighted by Crippen LogP contribution is 2.38. The Labute approximate surface area is 282 Å². The van der Waals surface area contributed by atoms with Crippen LogP contribution in [-0.4, -0.2) is 82.8 Å². The third-order valence-corrected chi connectivity index (χ3v) is 9.60. The number of benzene rings is 2. The van der Waals surface area contributed by atoms with Crippen molar-refractivity contribution >= 4 is 17.7 Å². The quantitative estimate of drug-likeness (QED) is 0.238. The molecule has 0 radical (unpaired) electrons. The first kappa shape index (κ1) is 34.7. The van der Waals surface area contributed by atoms with E-state index in [4.69, 9.17) is 4.74 Å². The molecule has 8 nitrogen and oxygen atoms in total. The zero-order valence-electron chi connectivity index (χ0n) is 27.8. The summed E-state index contributed by atoms with van der Waals surface area (Å²) in [5, 5.41) is 7.06. The molecule has 2 aromatic carbocycles. The van der Waals surface area contributed by atoms with Crippen molar-refractivity contribution in [2.45, 2.75) is 70.2 Å². The minimum absolute atomic E-state index is 0.0550. The van der Waals surface area contributed by atoms with Crippen LogP contribution >= 0.6 is 0 Å². The number of esters is 1. The molecular weight excluding hydrogens is 645 g/mol. The zero-order valence-corrected chi connectivity index (χ0v) is 27.8. The first-order valence-electron chi connectivity index (χ1n) is 16.6. The van der Waals surface area contributed by atoms with Crippen molar-refractivity contribution in [3.05, 3.63) is 88.1 Å². The van der Waals surface area contributed by atoms with Gasteiger partial charge in [0.05, 0.1) is 5.92 Å². The fourth-order valence-electron chi connectivity index (χ4n) is 7.20. The smallest absolute Gasteiger partial charge is 0.435 e. The normalized spacial score (nSPS) is 20.7. The van der Waals surface area contributed by atoms with Gasteiger partial charge in [-0.2, -0.15) is 13.2 Å². The monoisotopic (exact) mass is 685 g/mol. The number of carbonyl (C=O) groups excluding carboxylic acids is 2. The van der Waals surface area contributed by atoms with Crippen LogP contribution in [0.1, 0.15) is 61.1 Å². The number of piperazine rings is 1. The summed E-state index contributed by atoms with van der Waals surface area (Å²) in [5.41, 5.74) is 2.02. The second-order valence-electron chi connectivity index (χ2n) is 14.1. The Bertz CT molecular complexity index is 1690. The van der Waals surface area contributed by atoms with Gasteiger partial charge in [-0.1, -0.05) is 24.3 Å². The van der Waals surface area contributed by atoms with Gasteiger partial charge in [0.2, 0.25) is 5.91 Å². The molecule has 1 amide bonds. The number of aryl methyl sites for hydroxylation is 2. The Morgan fingerprint density at radius 2 is 1.63 bits per heavy atom. The summed E-state index contributed by atoms with van der Waals surface area (Å²) in [6.07, 6.45) is -0.996. The van der Waals surface area contributed by atoms with Crippen molar-refractivity contribution in [2.24, 2.45) is 5.92 Å². The van der Waals surface area contributed by atoms with Crippen molar-refractivity contribution in [3.63, 3.8) is 0 Å². The average Bonchev–Trinajstić information content (AvgIpc) is 3.70. The predicted octanol–water partition coefficient (Wildman–Crippen LogP) is 5.58. The van der Waals surface area contributed by atoms with Gasteiger partial charge in [-0.15, -0.1) is 10.2 Å². The molecule has 2 saturated heterocycles. The van der Waals surface area contributed by atoms with Crippen LogP contribution in [0.15, 0.2) is 48.5 Å². The summed E-state index contributed by atoms with van der Waals surface area (Å²) in [5.74, 6) is -3.55. The molecule has 0 N–H and O–H groups in total. The summed E-state index contributed by atoms with van der Waals surface area (Å²) < 4.78 is 74.1. The molecule has 0 unspecified atom stereocenters. The summed E-state index contributed by atoms with van der Waals surface area (Å²) in [7, 11) is 0. The van der Waals surface area contributed by atoms with Gasteiger partial charge in [0.15, 0.2) is 11.5 Å². The van der Waals surface area contributed by atoms with Crippen molar-refractivity contribution in [3.8, 4) is 0 Å². The highest BCUT2D eigenvalue weighted by molar-refractivity contribution is 5.82. The fraction of sp³-hybridized carbons (Fsp3) is 0.500. The number of fused-ring (bicyclic) bond motifs is 1. The topological polar surface area (TPSA) is 78.9 Å². The lowest BCUT2D eigenvalue weighted by atomic mass is 9.87. The molecule has 49 heavy (non-hydrogen) atoms. The summed E-state index contributed by atoms with van der Waals surface area (Å²) >= 11 is 0. The second kappa shape index (κ2) is 13.6. The van der Waals surface area contributed by atoms with Crippen molar-refractivity contribution in [2.75, 3.05) is 44.2 Å². The predicted molar refractivity (Wildman–Crippen MR) is 172 cm³/mol.